The van der Waals surface area contributed by atoms with Crippen LogP contribution >= 0.6 is 0 Å². The van der Waals surface area contributed by atoms with E-state index in [1.54, 1.807) is 36.1 Å². The molecule has 1 aromatic heterocycles. The fourth-order valence-corrected chi connectivity index (χ4v) is 5.47. The van der Waals surface area contributed by atoms with Crippen LogP contribution in [0.25, 0.3) is 11.0 Å². The first-order valence-corrected chi connectivity index (χ1v) is 13.5. The van der Waals surface area contributed by atoms with E-state index in [0.29, 0.717) is 34.0 Å². The minimum Gasteiger partial charge on any atom is -0.497 e. The van der Waals surface area contributed by atoms with Gasteiger partial charge in [-0.2, -0.15) is 0 Å². The monoisotopic (exact) mass is 541 g/mol. The highest BCUT2D eigenvalue weighted by molar-refractivity contribution is 6.02. The first-order valence-electron chi connectivity index (χ1n) is 13.5. The van der Waals surface area contributed by atoms with Gasteiger partial charge >= 0.3 is 0 Å². The number of ether oxygens (including phenoxy) is 3. The molecule has 2 aliphatic rings. The van der Waals surface area contributed by atoms with Crippen LogP contribution in [0.4, 0.5) is 5.69 Å². The number of nitrogens with one attached hydrogen (secondary N) is 1. The van der Waals surface area contributed by atoms with E-state index in [0.717, 1.165) is 31.2 Å². The summed E-state index contributed by atoms with van der Waals surface area (Å²) in [5.74, 6) is 1.10. The van der Waals surface area contributed by atoms with Gasteiger partial charge in [-0.25, -0.2) is 4.68 Å². The minimum atomic E-state index is -0.973. The molecule has 1 fully saturated rings. The summed E-state index contributed by atoms with van der Waals surface area (Å²) >= 11 is 0. The van der Waals surface area contributed by atoms with Crippen molar-refractivity contribution in [3.05, 3.63) is 72.3 Å². The summed E-state index contributed by atoms with van der Waals surface area (Å²) in [4.78, 5) is 29.9. The van der Waals surface area contributed by atoms with E-state index in [4.69, 9.17) is 14.2 Å². The average molecular weight is 542 g/mol. The van der Waals surface area contributed by atoms with E-state index in [1.165, 1.54) is 11.3 Å². The Bertz CT molecular complexity index is 1530. The Morgan fingerprint density at radius 2 is 1.85 bits per heavy atom. The van der Waals surface area contributed by atoms with Crippen molar-refractivity contribution in [2.24, 2.45) is 0 Å². The second-order valence-electron chi connectivity index (χ2n) is 10.1. The molecule has 0 radical (unpaired) electrons. The van der Waals surface area contributed by atoms with Gasteiger partial charge in [0.15, 0.2) is 11.5 Å². The van der Waals surface area contributed by atoms with Crippen LogP contribution < -0.4 is 24.4 Å². The van der Waals surface area contributed by atoms with Crippen LogP contribution in [-0.2, 0) is 16.1 Å². The molecule has 2 amide bonds. The highest BCUT2D eigenvalue weighted by atomic mass is 16.7. The third kappa shape index (κ3) is 5.16. The zero-order valence-corrected chi connectivity index (χ0v) is 22.3. The first-order chi connectivity index (χ1) is 19.6. The molecule has 4 aromatic rings. The van der Waals surface area contributed by atoms with Gasteiger partial charge < -0.3 is 19.5 Å². The fourth-order valence-electron chi connectivity index (χ4n) is 5.47. The van der Waals surface area contributed by atoms with Crippen molar-refractivity contribution in [1.82, 2.24) is 20.3 Å². The Hall–Kier alpha value is -4.60. The van der Waals surface area contributed by atoms with Gasteiger partial charge in [-0.1, -0.05) is 48.7 Å². The molecule has 40 heavy (non-hydrogen) atoms. The second-order valence-corrected chi connectivity index (χ2v) is 10.1. The highest BCUT2D eigenvalue weighted by Gasteiger charge is 2.35. The van der Waals surface area contributed by atoms with Gasteiger partial charge in [-0.05, 0) is 54.8 Å². The Morgan fingerprint density at radius 3 is 2.70 bits per heavy atom. The number of amides is 2. The summed E-state index contributed by atoms with van der Waals surface area (Å²) < 4.78 is 18.2. The molecule has 1 saturated carbocycles. The molecule has 10 nitrogen and oxygen atoms in total. The van der Waals surface area contributed by atoms with Gasteiger partial charge in [0, 0.05) is 17.8 Å². The van der Waals surface area contributed by atoms with Crippen LogP contribution in [0.1, 0.15) is 43.7 Å². The zero-order chi connectivity index (χ0) is 27.5. The molecule has 6 rings (SSSR count). The van der Waals surface area contributed by atoms with Crippen molar-refractivity contribution in [2.45, 2.75) is 50.7 Å². The topological polar surface area (TPSA) is 108 Å². The Labute approximate surface area is 231 Å². The van der Waals surface area contributed by atoms with Crippen LogP contribution in [0.3, 0.4) is 0 Å². The number of methoxy groups -OCH3 is 1. The van der Waals surface area contributed by atoms with Crippen LogP contribution in [-0.4, -0.2) is 46.8 Å². The number of aromatic nitrogens is 3. The maximum absolute atomic E-state index is 14.3. The number of para-hydroxylation sites is 1. The van der Waals surface area contributed by atoms with E-state index in [9.17, 15) is 9.59 Å². The fraction of sp³-hybridized carbons (Fsp3) is 0.333. The van der Waals surface area contributed by atoms with Crippen molar-refractivity contribution in [1.29, 1.82) is 0 Å². The van der Waals surface area contributed by atoms with Crippen LogP contribution in [0.5, 0.6) is 17.2 Å². The molecule has 1 aliphatic heterocycles. The van der Waals surface area contributed by atoms with Gasteiger partial charge in [-0.3, -0.25) is 14.5 Å². The zero-order valence-electron chi connectivity index (χ0n) is 22.3. The number of hydrogen-bond acceptors (Lipinski definition) is 7. The molecule has 1 aliphatic carbocycles. The second kappa shape index (κ2) is 11.3. The molecular weight excluding hydrogens is 510 g/mol. The van der Waals surface area contributed by atoms with E-state index < -0.39 is 6.04 Å². The van der Waals surface area contributed by atoms with Gasteiger partial charge in [0.1, 0.15) is 23.9 Å². The number of carbonyl (C=O) groups is 2. The summed E-state index contributed by atoms with van der Waals surface area (Å²) in [5.41, 5.74) is 2.54. The Balaban J connectivity index is 1.43. The number of fused-ring (bicyclic) bond motifs is 2. The molecule has 2 heterocycles. The Morgan fingerprint density at radius 1 is 1.02 bits per heavy atom. The molecule has 206 valence electrons. The van der Waals surface area contributed by atoms with Crippen molar-refractivity contribution in [2.75, 3.05) is 18.8 Å². The number of carbonyl (C=O) groups excluding carboxylic acids is 2. The molecular formula is C30H31N5O5. The van der Waals surface area contributed by atoms with Crippen LogP contribution in [0.15, 0.2) is 66.7 Å². The molecule has 1 N–H and O–H groups in total. The molecule has 3 aromatic carbocycles. The van der Waals surface area contributed by atoms with Gasteiger partial charge in [0.25, 0.3) is 0 Å². The van der Waals surface area contributed by atoms with Gasteiger partial charge in [-0.15, -0.1) is 5.10 Å². The van der Waals surface area contributed by atoms with Crippen LogP contribution in [0.2, 0.25) is 0 Å². The van der Waals surface area contributed by atoms with E-state index in [-0.39, 0.29) is 31.2 Å². The lowest BCUT2D eigenvalue weighted by atomic mass is 9.94. The van der Waals surface area contributed by atoms with Gasteiger partial charge in [0.2, 0.25) is 18.6 Å². The summed E-state index contributed by atoms with van der Waals surface area (Å²) in [6, 6.07) is 19.1. The lowest BCUT2D eigenvalue weighted by molar-refractivity contribution is -0.127. The SMILES string of the molecule is COc1cccc([C@@H](C(=O)NC2CCCCC2)N(C(=O)Cn2nnc3ccccc32)c2ccc3c(c2)OCO3)c1. The standard InChI is InChI=1S/C30H31N5O5/c1-38-23-11-7-8-20(16-23)29(30(37)31-21-9-3-2-4-10-21)35(22-14-15-26-27(17-22)40-19-39-26)28(36)18-34-25-13-6-5-12-24(25)32-33-34/h5-8,11-17,21,29H,2-4,9-10,18-19H2,1H3,(H,31,37)/t29-/m0/s1. The minimum absolute atomic E-state index is 0.0577. The highest BCUT2D eigenvalue weighted by Crippen LogP contribution is 2.39. The number of nitrogens with zero attached hydrogens (tertiary/aromatic N) is 4. The predicted molar refractivity (Wildman–Crippen MR) is 148 cm³/mol. The van der Waals surface area contributed by atoms with Crippen molar-refractivity contribution in [3.63, 3.8) is 0 Å². The molecule has 0 spiro atoms. The third-order valence-electron chi connectivity index (χ3n) is 7.48. The largest absolute Gasteiger partial charge is 0.497 e. The molecule has 10 heteroatoms. The number of hydrogen-bond donors (Lipinski definition) is 1. The summed E-state index contributed by atoms with van der Waals surface area (Å²) in [6.07, 6.45) is 5.14. The predicted octanol–water partition coefficient (Wildman–Crippen LogP) is 4.39. The normalized spacial score (nSPS) is 15.5. The van der Waals surface area contributed by atoms with E-state index >= 15 is 0 Å². The molecule has 0 unspecified atom stereocenters. The Kier molecular flexibility index (Phi) is 7.22. The van der Waals surface area contributed by atoms with Crippen molar-refractivity contribution >= 4 is 28.5 Å². The summed E-state index contributed by atoms with van der Waals surface area (Å²) in [6.45, 7) is -0.0225. The lowest BCUT2D eigenvalue weighted by Gasteiger charge is -2.33. The number of anilines is 1. The average Bonchev–Trinajstić information content (AvgIpc) is 3.63. The summed E-state index contributed by atoms with van der Waals surface area (Å²) in [7, 11) is 1.58. The third-order valence-corrected chi connectivity index (χ3v) is 7.48. The summed E-state index contributed by atoms with van der Waals surface area (Å²) in [5, 5.41) is 11.7. The number of rotatable bonds is 8. The lowest BCUT2D eigenvalue weighted by Crippen LogP contribution is -2.48. The molecule has 0 saturated heterocycles. The number of benzene rings is 3. The molecule has 0 bridgehead atoms. The first kappa shape index (κ1) is 25.7. The van der Waals surface area contributed by atoms with E-state index in [1.807, 2.05) is 42.5 Å². The quantitative estimate of drug-likeness (QED) is 0.352. The molecule has 1 atom stereocenters. The van der Waals surface area contributed by atoms with Gasteiger partial charge in [0.05, 0.1) is 12.6 Å². The van der Waals surface area contributed by atoms with Crippen molar-refractivity contribution < 1.29 is 23.8 Å². The van der Waals surface area contributed by atoms with Crippen molar-refractivity contribution in [3.8, 4) is 17.2 Å². The smallest absolute Gasteiger partial charge is 0.249 e. The maximum Gasteiger partial charge on any atom is 0.249 e. The van der Waals surface area contributed by atoms with E-state index in [2.05, 4.69) is 15.6 Å². The maximum atomic E-state index is 14.3. The van der Waals surface area contributed by atoms with Crippen LogP contribution in [0, 0.1) is 0 Å².